The molecule has 0 atom stereocenters. The van der Waals surface area contributed by atoms with Gasteiger partial charge in [-0.15, -0.1) is 0 Å². The zero-order chi connectivity index (χ0) is 15.7. The molecule has 0 unspecified atom stereocenters. The fourth-order valence-corrected chi connectivity index (χ4v) is 2.23. The first-order valence-electron chi connectivity index (χ1n) is 7.12. The molecule has 114 valence electrons. The summed E-state index contributed by atoms with van der Waals surface area (Å²) in [6, 6.07) is 9.08. The van der Waals surface area contributed by atoms with Crippen LogP contribution in [0.15, 0.2) is 34.9 Å². The van der Waals surface area contributed by atoms with Gasteiger partial charge in [-0.3, -0.25) is 9.59 Å². The molecule has 6 nitrogen and oxygen atoms in total. The maximum Gasteiger partial charge on any atom is 0.241 e. The summed E-state index contributed by atoms with van der Waals surface area (Å²) in [4.78, 5) is 24.7. The van der Waals surface area contributed by atoms with Gasteiger partial charge in [0.1, 0.15) is 11.2 Å². The highest BCUT2D eigenvalue weighted by Gasteiger charge is 2.56. The minimum Gasteiger partial charge on any atom is -0.360 e. The van der Waals surface area contributed by atoms with E-state index in [1.807, 2.05) is 31.2 Å². The Labute approximate surface area is 127 Å². The third kappa shape index (κ3) is 2.72. The molecule has 2 amide bonds. The van der Waals surface area contributed by atoms with Gasteiger partial charge in [0.05, 0.1) is 0 Å². The van der Waals surface area contributed by atoms with Crippen LogP contribution < -0.4 is 10.6 Å². The minimum atomic E-state index is -1.00. The van der Waals surface area contributed by atoms with Gasteiger partial charge in [-0.25, -0.2) is 0 Å². The summed E-state index contributed by atoms with van der Waals surface area (Å²) in [6.45, 7) is 3.71. The van der Waals surface area contributed by atoms with Crippen molar-refractivity contribution in [1.82, 2.24) is 5.16 Å². The molecule has 0 aliphatic heterocycles. The zero-order valence-electron chi connectivity index (χ0n) is 12.5. The maximum absolute atomic E-state index is 12.4. The first kappa shape index (κ1) is 14.3. The molecular formula is C16H17N3O3. The van der Waals surface area contributed by atoms with Crippen LogP contribution in [-0.4, -0.2) is 17.0 Å². The summed E-state index contributed by atoms with van der Waals surface area (Å²) in [5, 5.41) is 9.15. The SMILES string of the molecule is Cc1ccc(NC(=O)C2(C(=O)Nc3cc(C)on3)CC2)cc1. The molecule has 3 rings (SSSR count). The van der Waals surface area contributed by atoms with Gasteiger partial charge in [0.25, 0.3) is 0 Å². The Balaban J connectivity index is 1.68. The van der Waals surface area contributed by atoms with Crippen molar-refractivity contribution in [2.24, 2.45) is 5.41 Å². The van der Waals surface area contributed by atoms with Crippen molar-refractivity contribution in [1.29, 1.82) is 0 Å². The Morgan fingerprint density at radius 1 is 1.09 bits per heavy atom. The van der Waals surface area contributed by atoms with Gasteiger partial charge in [-0.1, -0.05) is 22.9 Å². The molecule has 1 aromatic carbocycles. The van der Waals surface area contributed by atoms with Crippen molar-refractivity contribution in [2.75, 3.05) is 10.6 Å². The Morgan fingerprint density at radius 3 is 2.27 bits per heavy atom. The van der Waals surface area contributed by atoms with Crippen molar-refractivity contribution >= 4 is 23.3 Å². The highest BCUT2D eigenvalue weighted by Crippen LogP contribution is 2.47. The second-order valence-electron chi connectivity index (χ2n) is 5.68. The van der Waals surface area contributed by atoms with E-state index in [0.29, 0.717) is 30.1 Å². The van der Waals surface area contributed by atoms with E-state index < -0.39 is 5.41 Å². The van der Waals surface area contributed by atoms with Gasteiger partial charge >= 0.3 is 0 Å². The average Bonchev–Trinajstić information content (AvgIpc) is 3.21. The second-order valence-corrected chi connectivity index (χ2v) is 5.68. The lowest BCUT2D eigenvalue weighted by Gasteiger charge is -2.14. The Kier molecular flexibility index (Phi) is 3.44. The molecule has 1 fully saturated rings. The lowest BCUT2D eigenvalue weighted by molar-refractivity contribution is -0.131. The molecular weight excluding hydrogens is 282 g/mol. The normalized spacial score (nSPS) is 15.2. The number of anilines is 2. The van der Waals surface area contributed by atoms with Crippen molar-refractivity contribution in [3.05, 3.63) is 41.7 Å². The van der Waals surface area contributed by atoms with Crippen LogP contribution >= 0.6 is 0 Å². The molecule has 0 radical (unpaired) electrons. The predicted molar refractivity (Wildman–Crippen MR) is 81.3 cm³/mol. The highest BCUT2D eigenvalue weighted by molar-refractivity contribution is 6.16. The van der Waals surface area contributed by atoms with Crippen molar-refractivity contribution < 1.29 is 14.1 Å². The van der Waals surface area contributed by atoms with E-state index in [-0.39, 0.29) is 11.8 Å². The van der Waals surface area contributed by atoms with Gasteiger partial charge in [0.15, 0.2) is 5.82 Å². The molecule has 22 heavy (non-hydrogen) atoms. The number of rotatable bonds is 4. The number of nitrogens with zero attached hydrogens (tertiary/aromatic N) is 1. The van der Waals surface area contributed by atoms with Crippen LogP contribution in [0.4, 0.5) is 11.5 Å². The second kappa shape index (κ2) is 5.29. The number of aryl methyl sites for hydroxylation is 2. The van der Waals surface area contributed by atoms with E-state index in [2.05, 4.69) is 15.8 Å². The Morgan fingerprint density at radius 2 is 1.73 bits per heavy atom. The molecule has 2 N–H and O–H groups in total. The van der Waals surface area contributed by atoms with E-state index in [1.165, 1.54) is 0 Å². The van der Waals surface area contributed by atoms with Crippen LogP contribution in [0, 0.1) is 19.3 Å². The van der Waals surface area contributed by atoms with Crippen LogP contribution in [0.2, 0.25) is 0 Å². The molecule has 0 saturated heterocycles. The quantitative estimate of drug-likeness (QED) is 0.850. The van der Waals surface area contributed by atoms with E-state index >= 15 is 0 Å². The Bertz CT molecular complexity index is 714. The summed E-state index contributed by atoms with van der Waals surface area (Å²) in [5.74, 6) is 0.306. The first-order valence-corrected chi connectivity index (χ1v) is 7.12. The van der Waals surface area contributed by atoms with E-state index in [0.717, 1.165) is 5.56 Å². The summed E-state index contributed by atoms with van der Waals surface area (Å²) < 4.78 is 4.90. The number of benzene rings is 1. The molecule has 0 spiro atoms. The molecule has 1 aliphatic carbocycles. The maximum atomic E-state index is 12.4. The van der Waals surface area contributed by atoms with Crippen LogP contribution in [0.25, 0.3) is 0 Å². The highest BCUT2D eigenvalue weighted by atomic mass is 16.5. The van der Waals surface area contributed by atoms with Crippen LogP contribution in [0.3, 0.4) is 0 Å². The first-order chi connectivity index (χ1) is 10.5. The third-order valence-electron chi connectivity index (χ3n) is 3.80. The van der Waals surface area contributed by atoms with Crippen molar-refractivity contribution in [3.63, 3.8) is 0 Å². The van der Waals surface area contributed by atoms with Gasteiger partial charge in [0, 0.05) is 11.8 Å². The Hall–Kier alpha value is -2.63. The van der Waals surface area contributed by atoms with Gasteiger partial charge < -0.3 is 15.2 Å². The van der Waals surface area contributed by atoms with Crippen LogP contribution in [0.1, 0.15) is 24.2 Å². The monoisotopic (exact) mass is 299 g/mol. The fraction of sp³-hybridized carbons (Fsp3) is 0.312. The van der Waals surface area contributed by atoms with Gasteiger partial charge in [-0.2, -0.15) is 0 Å². The molecule has 6 heteroatoms. The van der Waals surface area contributed by atoms with Crippen molar-refractivity contribution in [3.8, 4) is 0 Å². The predicted octanol–water partition coefficient (Wildman–Crippen LogP) is 2.65. The largest absolute Gasteiger partial charge is 0.360 e. The molecule has 0 bridgehead atoms. The third-order valence-corrected chi connectivity index (χ3v) is 3.80. The number of nitrogens with one attached hydrogen (secondary N) is 2. The van der Waals surface area contributed by atoms with Crippen molar-refractivity contribution in [2.45, 2.75) is 26.7 Å². The number of carbonyl (C=O) groups excluding carboxylic acids is 2. The zero-order valence-corrected chi connectivity index (χ0v) is 12.5. The molecule has 2 aromatic rings. The van der Waals surface area contributed by atoms with Crippen LogP contribution in [0.5, 0.6) is 0 Å². The number of amides is 2. The summed E-state index contributed by atoms with van der Waals surface area (Å²) in [6.07, 6.45) is 1.07. The number of hydrogen-bond donors (Lipinski definition) is 2. The molecule has 1 saturated carbocycles. The molecule has 1 heterocycles. The van der Waals surface area contributed by atoms with E-state index in [9.17, 15) is 9.59 Å². The summed E-state index contributed by atoms with van der Waals surface area (Å²) in [7, 11) is 0. The van der Waals surface area contributed by atoms with Gasteiger partial charge in [-0.05, 0) is 38.8 Å². The summed E-state index contributed by atoms with van der Waals surface area (Å²) in [5.41, 5.74) is 0.794. The number of hydrogen-bond acceptors (Lipinski definition) is 4. The standard InChI is InChI=1S/C16H17N3O3/c1-10-3-5-12(6-4-10)17-14(20)16(7-8-16)15(21)18-13-9-11(2)22-19-13/h3-6,9H,7-8H2,1-2H3,(H,17,20)(H,18,19,21). The molecule has 1 aromatic heterocycles. The number of carbonyl (C=O) groups is 2. The lowest BCUT2D eigenvalue weighted by atomic mass is 10.0. The minimum absolute atomic E-state index is 0.283. The molecule has 1 aliphatic rings. The van der Waals surface area contributed by atoms with E-state index in [1.54, 1.807) is 13.0 Å². The van der Waals surface area contributed by atoms with Gasteiger partial charge in [0.2, 0.25) is 11.8 Å². The van der Waals surface area contributed by atoms with E-state index in [4.69, 9.17) is 4.52 Å². The lowest BCUT2D eigenvalue weighted by Crippen LogP contribution is -2.35. The summed E-state index contributed by atoms with van der Waals surface area (Å²) >= 11 is 0. The topological polar surface area (TPSA) is 84.2 Å². The van der Waals surface area contributed by atoms with Crippen LogP contribution in [-0.2, 0) is 9.59 Å². The number of aromatic nitrogens is 1. The fourth-order valence-electron chi connectivity index (χ4n) is 2.23. The average molecular weight is 299 g/mol. The smallest absolute Gasteiger partial charge is 0.241 e.